The van der Waals surface area contributed by atoms with Crippen LogP contribution >= 0.6 is 11.8 Å². The van der Waals surface area contributed by atoms with Crippen LogP contribution in [0.1, 0.15) is 25.0 Å². The van der Waals surface area contributed by atoms with E-state index < -0.39 is 0 Å². The maximum absolute atomic E-state index is 4.57. The molecule has 2 heterocycles. The lowest BCUT2D eigenvalue weighted by atomic mass is 10.4. The number of thioether (sulfide) groups is 1. The molecule has 0 amide bonds. The fraction of sp³-hybridized carbons (Fsp3) is 0.750. The van der Waals surface area contributed by atoms with Crippen LogP contribution in [0.15, 0.2) is 4.99 Å². The second kappa shape index (κ2) is 7.37. The monoisotopic (exact) mass is 282 g/mol. The van der Waals surface area contributed by atoms with Crippen LogP contribution in [-0.4, -0.2) is 45.8 Å². The van der Waals surface area contributed by atoms with E-state index in [2.05, 4.69) is 43.6 Å². The summed E-state index contributed by atoms with van der Waals surface area (Å²) in [7, 11) is 0. The van der Waals surface area contributed by atoms with Crippen molar-refractivity contribution in [2.75, 3.05) is 25.1 Å². The average Bonchev–Trinajstić information content (AvgIpc) is 2.99. The number of aryl methyl sites for hydroxylation is 1. The zero-order chi connectivity index (χ0) is 13.5. The van der Waals surface area contributed by atoms with Gasteiger partial charge in [0, 0.05) is 31.8 Å². The Balaban J connectivity index is 1.92. The Morgan fingerprint density at radius 3 is 3.11 bits per heavy atom. The molecule has 2 N–H and O–H groups in total. The highest BCUT2D eigenvalue weighted by atomic mass is 32.2. The van der Waals surface area contributed by atoms with Crippen molar-refractivity contribution >= 4 is 17.7 Å². The summed E-state index contributed by atoms with van der Waals surface area (Å²) in [5.41, 5.74) is 0. The third-order valence-electron chi connectivity index (χ3n) is 3.01. The lowest BCUT2D eigenvalue weighted by Crippen LogP contribution is -2.38. The van der Waals surface area contributed by atoms with E-state index in [1.165, 1.54) is 6.42 Å². The molecule has 0 saturated carbocycles. The predicted molar refractivity (Wildman–Crippen MR) is 79.5 cm³/mol. The van der Waals surface area contributed by atoms with Gasteiger partial charge in [-0.25, -0.2) is 4.99 Å². The molecule has 1 aromatic heterocycles. The molecule has 1 aromatic rings. The molecular weight excluding hydrogens is 260 g/mol. The zero-order valence-corrected chi connectivity index (χ0v) is 12.5. The Morgan fingerprint density at radius 2 is 2.32 bits per heavy atom. The maximum Gasteiger partial charge on any atom is 0.191 e. The van der Waals surface area contributed by atoms with E-state index >= 15 is 0 Å². The molecule has 0 bridgehead atoms. The van der Waals surface area contributed by atoms with Crippen molar-refractivity contribution in [2.24, 2.45) is 4.99 Å². The maximum atomic E-state index is 4.57. The fourth-order valence-corrected chi connectivity index (χ4v) is 2.40. The Kier molecular flexibility index (Phi) is 5.50. The van der Waals surface area contributed by atoms with Crippen LogP contribution in [-0.2, 0) is 19.5 Å². The second-order valence-corrected chi connectivity index (χ2v) is 5.39. The van der Waals surface area contributed by atoms with Crippen LogP contribution in [0.4, 0.5) is 0 Å². The van der Waals surface area contributed by atoms with Gasteiger partial charge in [0.1, 0.15) is 12.4 Å². The van der Waals surface area contributed by atoms with Gasteiger partial charge < -0.3 is 15.2 Å². The summed E-state index contributed by atoms with van der Waals surface area (Å²) in [6.07, 6.45) is 4.32. The Labute approximate surface area is 118 Å². The van der Waals surface area contributed by atoms with Gasteiger partial charge in [-0.05, 0) is 19.6 Å². The number of nitrogens with one attached hydrogen (secondary N) is 2. The summed E-state index contributed by atoms with van der Waals surface area (Å²) in [5, 5.41) is 15.0. The first-order valence-corrected chi connectivity index (χ1v) is 8.16. The molecule has 0 unspecified atom stereocenters. The predicted octanol–water partition coefficient (Wildman–Crippen LogP) is 0.642. The van der Waals surface area contributed by atoms with E-state index in [0.717, 1.165) is 49.4 Å². The quantitative estimate of drug-likeness (QED) is 0.455. The highest BCUT2D eigenvalue weighted by molar-refractivity contribution is 7.98. The van der Waals surface area contributed by atoms with Crippen LogP contribution < -0.4 is 10.6 Å². The van der Waals surface area contributed by atoms with Gasteiger partial charge in [-0.2, -0.15) is 11.8 Å². The Morgan fingerprint density at radius 1 is 1.42 bits per heavy atom. The van der Waals surface area contributed by atoms with E-state index in [1.54, 1.807) is 0 Å². The number of nitrogens with zero attached hydrogens (tertiary/aromatic N) is 4. The number of aromatic nitrogens is 3. The largest absolute Gasteiger partial charge is 0.357 e. The highest BCUT2D eigenvalue weighted by Crippen LogP contribution is 2.14. The zero-order valence-electron chi connectivity index (χ0n) is 11.6. The first kappa shape index (κ1) is 14.2. The van der Waals surface area contributed by atoms with Gasteiger partial charge in [0.15, 0.2) is 11.8 Å². The molecular formula is C12H22N6S. The van der Waals surface area contributed by atoms with Gasteiger partial charge in [0.25, 0.3) is 0 Å². The van der Waals surface area contributed by atoms with E-state index in [9.17, 15) is 0 Å². The van der Waals surface area contributed by atoms with Crippen LogP contribution in [0.2, 0.25) is 0 Å². The summed E-state index contributed by atoms with van der Waals surface area (Å²) in [5.74, 6) is 4.00. The standard InChI is InChI=1S/C12H22N6S/c1-3-13-12(14-6-8-19-2)15-9-11-17-16-10-5-4-7-18(10)11/h3-9H2,1-2H3,(H2,13,14,15). The average molecular weight is 282 g/mol. The van der Waals surface area contributed by atoms with Gasteiger partial charge in [-0.15, -0.1) is 10.2 Å². The Hall–Kier alpha value is -1.24. The molecule has 1 aliphatic rings. The number of hydrogen-bond acceptors (Lipinski definition) is 4. The lowest BCUT2D eigenvalue weighted by Gasteiger charge is -2.10. The first-order valence-electron chi connectivity index (χ1n) is 6.77. The van der Waals surface area contributed by atoms with Gasteiger partial charge in [0.05, 0.1) is 0 Å². The fourth-order valence-electron chi connectivity index (χ4n) is 2.09. The first-order chi connectivity index (χ1) is 9.35. The molecule has 0 spiro atoms. The van der Waals surface area contributed by atoms with Crippen molar-refractivity contribution < 1.29 is 0 Å². The van der Waals surface area contributed by atoms with E-state index in [4.69, 9.17) is 0 Å². The van der Waals surface area contributed by atoms with E-state index in [1.807, 2.05) is 11.8 Å². The van der Waals surface area contributed by atoms with E-state index in [0.29, 0.717) is 6.54 Å². The minimum absolute atomic E-state index is 0.585. The number of rotatable bonds is 6. The van der Waals surface area contributed by atoms with Gasteiger partial charge in [-0.3, -0.25) is 0 Å². The third-order valence-corrected chi connectivity index (χ3v) is 3.62. The van der Waals surface area contributed by atoms with Crippen LogP contribution in [0.3, 0.4) is 0 Å². The molecule has 2 rings (SSSR count). The topological polar surface area (TPSA) is 67.1 Å². The van der Waals surface area contributed by atoms with E-state index in [-0.39, 0.29) is 0 Å². The van der Waals surface area contributed by atoms with Crippen LogP contribution in [0.25, 0.3) is 0 Å². The van der Waals surface area contributed by atoms with Crippen molar-refractivity contribution in [3.05, 3.63) is 11.6 Å². The molecule has 0 aliphatic carbocycles. The smallest absolute Gasteiger partial charge is 0.191 e. The van der Waals surface area contributed by atoms with Gasteiger partial charge >= 0.3 is 0 Å². The van der Waals surface area contributed by atoms with Crippen LogP contribution in [0.5, 0.6) is 0 Å². The second-order valence-electron chi connectivity index (χ2n) is 4.40. The molecule has 6 nitrogen and oxygen atoms in total. The van der Waals surface area contributed by atoms with Crippen LogP contribution in [0, 0.1) is 0 Å². The van der Waals surface area contributed by atoms with Crippen molar-refractivity contribution in [2.45, 2.75) is 32.9 Å². The summed E-state index contributed by atoms with van der Waals surface area (Å²) in [6.45, 7) is 5.47. The molecule has 1 aliphatic heterocycles. The SMILES string of the molecule is CCNC(=NCc1nnc2n1CCC2)NCCSC. The number of fused-ring (bicyclic) bond motifs is 1. The third kappa shape index (κ3) is 3.86. The molecule has 19 heavy (non-hydrogen) atoms. The molecule has 0 saturated heterocycles. The number of hydrogen-bond donors (Lipinski definition) is 2. The summed E-state index contributed by atoms with van der Waals surface area (Å²) >= 11 is 1.82. The molecule has 106 valence electrons. The molecule has 0 radical (unpaired) electrons. The molecule has 0 atom stereocenters. The van der Waals surface area contributed by atoms with Crippen molar-refractivity contribution in [3.8, 4) is 0 Å². The molecule has 0 fully saturated rings. The van der Waals surface area contributed by atoms with Gasteiger partial charge in [-0.1, -0.05) is 0 Å². The summed E-state index contributed by atoms with van der Waals surface area (Å²) < 4.78 is 2.19. The van der Waals surface area contributed by atoms with Crippen molar-refractivity contribution in [1.29, 1.82) is 0 Å². The Bertz CT molecular complexity index is 428. The minimum Gasteiger partial charge on any atom is -0.357 e. The number of guanidine groups is 1. The van der Waals surface area contributed by atoms with Gasteiger partial charge in [0.2, 0.25) is 0 Å². The molecule has 0 aromatic carbocycles. The lowest BCUT2D eigenvalue weighted by molar-refractivity contribution is 0.685. The highest BCUT2D eigenvalue weighted by Gasteiger charge is 2.16. The minimum atomic E-state index is 0.585. The van der Waals surface area contributed by atoms with Crippen molar-refractivity contribution in [1.82, 2.24) is 25.4 Å². The normalized spacial score (nSPS) is 14.5. The summed E-state index contributed by atoms with van der Waals surface area (Å²) in [6, 6.07) is 0. The van der Waals surface area contributed by atoms with Crippen molar-refractivity contribution in [3.63, 3.8) is 0 Å². The molecule has 7 heteroatoms. The summed E-state index contributed by atoms with van der Waals surface area (Å²) in [4.78, 5) is 4.57. The number of aliphatic imine (C=N–C) groups is 1.